The van der Waals surface area contributed by atoms with E-state index < -0.39 is 11.9 Å². The normalized spacial score (nSPS) is 13.5. The molecule has 2 unspecified atom stereocenters. The van der Waals surface area contributed by atoms with Crippen molar-refractivity contribution in [2.24, 2.45) is 12.8 Å². The van der Waals surface area contributed by atoms with Crippen LogP contribution in [0.5, 0.6) is 5.75 Å². The Hall–Kier alpha value is -2.39. The summed E-state index contributed by atoms with van der Waals surface area (Å²) in [6.07, 6.45) is 3.64. The van der Waals surface area contributed by atoms with Crippen LogP contribution in [0.3, 0.4) is 0 Å². The Bertz CT molecular complexity index is 662. The molecule has 1 aromatic carbocycles. The lowest BCUT2D eigenvalue weighted by atomic mass is 10.0. The van der Waals surface area contributed by atoms with Crippen LogP contribution in [0.1, 0.15) is 30.6 Å². The SMILES string of the molecule is CCC(N)C(Oc1cccc(F)c1C#N)c1cnn(C)c1. The highest BCUT2D eigenvalue weighted by Gasteiger charge is 2.24. The van der Waals surface area contributed by atoms with Crippen LogP contribution in [0, 0.1) is 17.1 Å². The Balaban J connectivity index is 2.37. The molecule has 0 amide bonds. The molecular formula is C15H17FN4O. The lowest BCUT2D eigenvalue weighted by Gasteiger charge is -2.23. The second-order valence-electron chi connectivity index (χ2n) is 4.78. The van der Waals surface area contributed by atoms with Crippen LogP contribution in [0.25, 0.3) is 0 Å². The number of halogens is 1. The van der Waals surface area contributed by atoms with Gasteiger partial charge in [0.1, 0.15) is 29.3 Å². The van der Waals surface area contributed by atoms with E-state index in [-0.39, 0.29) is 17.4 Å². The summed E-state index contributed by atoms with van der Waals surface area (Å²) in [7, 11) is 1.79. The van der Waals surface area contributed by atoms with Crippen LogP contribution in [0.15, 0.2) is 30.6 Å². The molecule has 0 radical (unpaired) electrons. The fourth-order valence-electron chi connectivity index (χ4n) is 2.05. The first-order chi connectivity index (χ1) is 10.1. The van der Waals surface area contributed by atoms with Crippen molar-refractivity contribution in [3.63, 3.8) is 0 Å². The zero-order valence-corrected chi connectivity index (χ0v) is 12.0. The molecule has 5 nitrogen and oxygen atoms in total. The number of nitrogens with two attached hydrogens (primary N) is 1. The van der Waals surface area contributed by atoms with E-state index in [2.05, 4.69) is 5.10 Å². The Morgan fingerprint density at radius 2 is 2.29 bits per heavy atom. The summed E-state index contributed by atoms with van der Waals surface area (Å²) in [5, 5.41) is 13.2. The van der Waals surface area contributed by atoms with Crippen LogP contribution < -0.4 is 10.5 Å². The average Bonchev–Trinajstić information content (AvgIpc) is 2.90. The van der Waals surface area contributed by atoms with Crippen molar-refractivity contribution in [2.45, 2.75) is 25.5 Å². The summed E-state index contributed by atoms with van der Waals surface area (Å²) >= 11 is 0. The van der Waals surface area contributed by atoms with Gasteiger partial charge in [0.2, 0.25) is 0 Å². The molecule has 0 aliphatic rings. The van der Waals surface area contributed by atoms with Gasteiger partial charge in [0.25, 0.3) is 0 Å². The monoisotopic (exact) mass is 288 g/mol. The van der Waals surface area contributed by atoms with Gasteiger partial charge in [0, 0.05) is 24.8 Å². The van der Waals surface area contributed by atoms with E-state index in [1.54, 1.807) is 30.2 Å². The first kappa shape index (κ1) is 15.0. The van der Waals surface area contributed by atoms with Crippen molar-refractivity contribution < 1.29 is 9.13 Å². The van der Waals surface area contributed by atoms with Crippen molar-refractivity contribution in [1.29, 1.82) is 5.26 Å². The van der Waals surface area contributed by atoms with E-state index in [1.165, 1.54) is 12.1 Å². The molecule has 0 fully saturated rings. The van der Waals surface area contributed by atoms with Crippen LogP contribution in [0.4, 0.5) is 4.39 Å². The number of hydrogen-bond acceptors (Lipinski definition) is 4. The Kier molecular flexibility index (Phi) is 4.55. The second kappa shape index (κ2) is 6.37. The predicted octanol–water partition coefficient (Wildman–Crippen LogP) is 2.29. The molecule has 0 aliphatic carbocycles. The van der Waals surface area contributed by atoms with Gasteiger partial charge in [0.05, 0.1) is 6.20 Å². The molecule has 21 heavy (non-hydrogen) atoms. The molecule has 0 saturated heterocycles. The van der Waals surface area contributed by atoms with E-state index in [4.69, 9.17) is 15.7 Å². The fourth-order valence-corrected chi connectivity index (χ4v) is 2.05. The van der Waals surface area contributed by atoms with Gasteiger partial charge in [-0.05, 0) is 18.6 Å². The molecule has 2 atom stereocenters. The molecule has 0 bridgehead atoms. The quantitative estimate of drug-likeness (QED) is 0.915. The lowest BCUT2D eigenvalue weighted by Crippen LogP contribution is -2.31. The third-order valence-corrected chi connectivity index (χ3v) is 3.25. The van der Waals surface area contributed by atoms with Gasteiger partial charge < -0.3 is 10.5 Å². The lowest BCUT2D eigenvalue weighted by molar-refractivity contribution is 0.170. The zero-order chi connectivity index (χ0) is 15.4. The summed E-state index contributed by atoms with van der Waals surface area (Å²) in [5.74, 6) is -0.416. The van der Waals surface area contributed by atoms with Crippen LogP contribution in [-0.2, 0) is 7.05 Å². The molecule has 110 valence electrons. The number of nitrogens with zero attached hydrogens (tertiary/aromatic N) is 3. The van der Waals surface area contributed by atoms with Crippen molar-refractivity contribution in [3.8, 4) is 11.8 Å². The molecule has 2 rings (SSSR count). The molecule has 2 N–H and O–H groups in total. The molecule has 2 aromatic rings. The number of nitriles is 1. The largest absolute Gasteiger partial charge is 0.482 e. The minimum atomic E-state index is -0.606. The van der Waals surface area contributed by atoms with Gasteiger partial charge in [-0.1, -0.05) is 13.0 Å². The molecule has 6 heteroatoms. The Labute approximate surface area is 122 Å². The van der Waals surface area contributed by atoms with Crippen molar-refractivity contribution in [3.05, 3.63) is 47.5 Å². The van der Waals surface area contributed by atoms with Gasteiger partial charge in [-0.3, -0.25) is 4.68 Å². The van der Waals surface area contributed by atoms with Crippen LogP contribution in [0.2, 0.25) is 0 Å². The summed E-state index contributed by atoms with van der Waals surface area (Å²) in [5.41, 5.74) is 6.77. The predicted molar refractivity (Wildman–Crippen MR) is 76.0 cm³/mol. The smallest absolute Gasteiger partial charge is 0.144 e. The van der Waals surface area contributed by atoms with Gasteiger partial charge in [-0.15, -0.1) is 0 Å². The van der Waals surface area contributed by atoms with Crippen molar-refractivity contribution >= 4 is 0 Å². The maximum Gasteiger partial charge on any atom is 0.144 e. The van der Waals surface area contributed by atoms with E-state index in [9.17, 15) is 4.39 Å². The fraction of sp³-hybridized carbons (Fsp3) is 0.333. The van der Waals surface area contributed by atoms with E-state index in [0.717, 1.165) is 5.56 Å². The topological polar surface area (TPSA) is 76.9 Å². The summed E-state index contributed by atoms with van der Waals surface area (Å²) in [4.78, 5) is 0. The van der Waals surface area contributed by atoms with E-state index in [0.29, 0.717) is 6.42 Å². The van der Waals surface area contributed by atoms with Crippen LogP contribution >= 0.6 is 0 Å². The van der Waals surface area contributed by atoms with Gasteiger partial charge in [-0.25, -0.2) is 4.39 Å². The molecule has 0 spiro atoms. The molecular weight excluding hydrogens is 271 g/mol. The Morgan fingerprint density at radius 1 is 1.52 bits per heavy atom. The number of rotatable bonds is 5. The first-order valence-electron chi connectivity index (χ1n) is 6.66. The number of benzene rings is 1. The van der Waals surface area contributed by atoms with Crippen molar-refractivity contribution in [1.82, 2.24) is 9.78 Å². The highest BCUT2D eigenvalue weighted by Crippen LogP contribution is 2.28. The third-order valence-electron chi connectivity index (χ3n) is 3.25. The number of aromatic nitrogens is 2. The third kappa shape index (κ3) is 3.20. The van der Waals surface area contributed by atoms with E-state index in [1.807, 2.05) is 13.0 Å². The standard InChI is InChI=1S/C15H17FN4O/c1-3-13(18)15(10-8-19-20(2)9-10)21-14-6-4-5-12(16)11(14)7-17/h4-6,8-9,13,15H,3,18H2,1-2H3. The van der Waals surface area contributed by atoms with Gasteiger partial charge >= 0.3 is 0 Å². The van der Waals surface area contributed by atoms with Gasteiger partial charge in [0.15, 0.2) is 0 Å². The van der Waals surface area contributed by atoms with E-state index >= 15 is 0 Å². The molecule has 0 aliphatic heterocycles. The van der Waals surface area contributed by atoms with Gasteiger partial charge in [-0.2, -0.15) is 10.4 Å². The highest BCUT2D eigenvalue weighted by molar-refractivity contribution is 5.44. The maximum absolute atomic E-state index is 13.6. The number of hydrogen-bond donors (Lipinski definition) is 1. The number of ether oxygens (including phenoxy) is 1. The zero-order valence-electron chi connectivity index (χ0n) is 12.0. The minimum Gasteiger partial charge on any atom is -0.482 e. The molecule has 1 aromatic heterocycles. The molecule has 0 saturated carbocycles. The minimum absolute atomic E-state index is 0.116. The summed E-state index contributed by atoms with van der Waals surface area (Å²) < 4.78 is 21.1. The molecule has 1 heterocycles. The summed E-state index contributed by atoms with van der Waals surface area (Å²) in [6, 6.07) is 5.83. The first-order valence-corrected chi connectivity index (χ1v) is 6.66. The highest BCUT2D eigenvalue weighted by atomic mass is 19.1. The van der Waals surface area contributed by atoms with Crippen molar-refractivity contribution in [2.75, 3.05) is 0 Å². The average molecular weight is 288 g/mol. The summed E-state index contributed by atoms with van der Waals surface area (Å²) in [6.45, 7) is 1.94. The maximum atomic E-state index is 13.6. The Morgan fingerprint density at radius 3 is 2.86 bits per heavy atom. The van der Waals surface area contributed by atoms with Crippen LogP contribution in [-0.4, -0.2) is 15.8 Å². The second-order valence-corrected chi connectivity index (χ2v) is 4.78. The number of aryl methyl sites for hydroxylation is 1.